The summed E-state index contributed by atoms with van der Waals surface area (Å²) in [7, 11) is 0. The molecule has 0 saturated carbocycles. The van der Waals surface area contributed by atoms with Gasteiger partial charge in [0.05, 0.1) is 15.7 Å². The first kappa shape index (κ1) is 15.1. The van der Waals surface area contributed by atoms with Crippen molar-refractivity contribution in [3.63, 3.8) is 0 Å². The highest BCUT2D eigenvalue weighted by Gasteiger charge is 2.15. The van der Waals surface area contributed by atoms with Crippen LogP contribution in [0.5, 0.6) is 0 Å². The predicted molar refractivity (Wildman–Crippen MR) is 76.1 cm³/mol. The summed E-state index contributed by atoms with van der Waals surface area (Å²) < 4.78 is 40.6. The number of hydrogen-bond acceptors (Lipinski definition) is 1. The van der Waals surface area contributed by atoms with Crippen LogP contribution in [-0.2, 0) is 0 Å². The number of amides is 1. The fourth-order valence-corrected chi connectivity index (χ4v) is 2.16. The topological polar surface area (TPSA) is 29.1 Å². The summed E-state index contributed by atoms with van der Waals surface area (Å²) in [6.07, 6.45) is 0. The Hall–Kier alpha value is -1.34. The Labute approximate surface area is 129 Å². The average Bonchev–Trinajstić information content (AvgIpc) is 2.35. The van der Waals surface area contributed by atoms with Crippen molar-refractivity contribution in [1.82, 2.24) is 0 Å². The second-order valence-electron chi connectivity index (χ2n) is 3.82. The van der Waals surface area contributed by atoms with Crippen molar-refractivity contribution in [3.05, 3.63) is 62.3 Å². The van der Waals surface area contributed by atoms with Crippen molar-refractivity contribution in [1.29, 1.82) is 0 Å². The molecule has 0 atom stereocenters. The number of carbonyl (C=O) groups is 1. The van der Waals surface area contributed by atoms with Crippen LogP contribution in [0.3, 0.4) is 0 Å². The maximum atomic E-state index is 13.6. The minimum Gasteiger partial charge on any atom is -0.319 e. The van der Waals surface area contributed by atoms with Crippen LogP contribution in [0.25, 0.3) is 0 Å². The largest absolute Gasteiger partial charge is 0.319 e. The van der Waals surface area contributed by atoms with Gasteiger partial charge >= 0.3 is 0 Å². The standard InChI is InChI=1S/C13H6Br2F3NO/c14-6-1-2-7(9(16)3-6)13(20)19-12-4-8(15)10(17)5-11(12)18/h1-5H,(H,19,20). The van der Waals surface area contributed by atoms with Crippen molar-refractivity contribution in [3.8, 4) is 0 Å². The molecule has 0 fully saturated rings. The Bertz CT molecular complexity index is 692. The fourth-order valence-electron chi connectivity index (χ4n) is 1.48. The first-order valence-corrected chi connectivity index (χ1v) is 6.88. The van der Waals surface area contributed by atoms with Gasteiger partial charge in [0.2, 0.25) is 0 Å². The summed E-state index contributed by atoms with van der Waals surface area (Å²) in [6, 6.07) is 5.54. The highest BCUT2D eigenvalue weighted by Crippen LogP contribution is 2.24. The monoisotopic (exact) mass is 407 g/mol. The number of nitrogens with one attached hydrogen (secondary N) is 1. The fraction of sp³-hybridized carbons (Fsp3) is 0. The summed E-state index contributed by atoms with van der Waals surface area (Å²) in [6.45, 7) is 0. The molecule has 0 saturated heterocycles. The van der Waals surface area contributed by atoms with Gasteiger partial charge in [-0.2, -0.15) is 0 Å². The molecule has 0 unspecified atom stereocenters. The van der Waals surface area contributed by atoms with Gasteiger partial charge in [-0.25, -0.2) is 13.2 Å². The van der Waals surface area contributed by atoms with E-state index in [0.717, 1.165) is 12.1 Å². The van der Waals surface area contributed by atoms with E-state index in [9.17, 15) is 18.0 Å². The Balaban J connectivity index is 2.30. The lowest BCUT2D eigenvalue weighted by molar-refractivity contribution is 0.102. The Kier molecular flexibility index (Phi) is 4.49. The zero-order chi connectivity index (χ0) is 14.9. The van der Waals surface area contributed by atoms with E-state index in [1.807, 2.05) is 0 Å². The molecule has 2 rings (SSSR count). The second-order valence-corrected chi connectivity index (χ2v) is 5.59. The average molecular weight is 409 g/mol. The van der Waals surface area contributed by atoms with E-state index < -0.39 is 23.4 Å². The van der Waals surface area contributed by atoms with Crippen molar-refractivity contribution >= 4 is 43.5 Å². The molecule has 0 aromatic heterocycles. The molecule has 0 radical (unpaired) electrons. The Morgan fingerprint density at radius 3 is 2.30 bits per heavy atom. The Morgan fingerprint density at radius 2 is 1.65 bits per heavy atom. The molecule has 2 nitrogen and oxygen atoms in total. The molecular formula is C13H6Br2F3NO. The van der Waals surface area contributed by atoms with Crippen molar-refractivity contribution < 1.29 is 18.0 Å². The van der Waals surface area contributed by atoms with Gasteiger partial charge in [-0.15, -0.1) is 0 Å². The van der Waals surface area contributed by atoms with E-state index in [0.29, 0.717) is 10.5 Å². The molecule has 0 aliphatic carbocycles. The lowest BCUT2D eigenvalue weighted by Gasteiger charge is -2.08. The van der Waals surface area contributed by atoms with Gasteiger partial charge in [0, 0.05) is 10.5 Å². The molecule has 0 spiro atoms. The molecule has 20 heavy (non-hydrogen) atoms. The maximum absolute atomic E-state index is 13.6. The normalized spacial score (nSPS) is 10.4. The van der Waals surface area contributed by atoms with Gasteiger partial charge in [-0.3, -0.25) is 4.79 Å². The third-order valence-electron chi connectivity index (χ3n) is 2.43. The molecule has 0 heterocycles. The van der Waals surface area contributed by atoms with E-state index in [2.05, 4.69) is 37.2 Å². The molecule has 104 valence electrons. The molecule has 2 aromatic rings. The number of rotatable bonds is 2. The molecule has 7 heteroatoms. The van der Waals surface area contributed by atoms with E-state index in [1.165, 1.54) is 12.1 Å². The van der Waals surface area contributed by atoms with Gasteiger partial charge in [0.15, 0.2) is 0 Å². The van der Waals surface area contributed by atoms with E-state index >= 15 is 0 Å². The van der Waals surface area contributed by atoms with Crippen LogP contribution < -0.4 is 5.32 Å². The third kappa shape index (κ3) is 3.21. The molecule has 0 bridgehead atoms. The Morgan fingerprint density at radius 1 is 0.950 bits per heavy atom. The quantitative estimate of drug-likeness (QED) is 0.705. The zero-order valence-electron chi connectivity index (χ0n) is 9.68. The van der Waals surface area contributed by atoms with Crippen LogP contribution in [0.1, 0.15) is 10.4 Å². The van der Waals surface area contributed by atoms with Gasteiger partial charge in [0.1, 0.15) is 17.5 Å². The molecule has 1 amide bonds. The summed E-state index contributed by atoms with van der Waals surface area (Å²) in [5.41, 5.74) is -0.487. The lowest BCUT2D eigenvalue weighted by Crippen LogP contribution is -2.15. The lowest BCUT2D eigenvalue weighted by atomic mass is 10.2. The van der Waals surface area contributed by atoms with Crippen LogP contribution in [0.4, 0.5) is 18.9 Å². The van der Waals surface area contributed by atoms with Gasteiger partial charge < -0.3 is 5.32 Å². The van der Waals surface area contributed by atoms with Crippen molar-refractivity contribution in [2.45, 2.75) is 0 Å². The van der Waals surface area contributed by atoms with Crippen molar-refractivity contribution in [2.24, 2.45) is 0 Å². The highest BCUT2D eigenvalue weighted by molar-refractivity contribution is 9.10. The van der Waals surface area contributed by atoms with E-state index in [-0.39, 0.29) is 15.7 Å². The maximum Gasteiger partial charge on any atom is 0.258 e. The minimum atomic E-state index is -0.948. The molecule has 0 aliphatic rings. The molecule has 1 N–H and O–H groups in total. The summed E-state index contributed by atoms with van der Waals surface area (Å²) in [4.78, 5) is 11.9. The number of hydrogen-bond donors (Lipinski definition) is 1. The van der Waals surface area contributed by atoms with Gasteiger partial charge in [-0.05, 0) is 40.2 Å². The number of halogens is 5. The zero-order valence-corrected chi connectivity index (χ0v) is 12.9. The van der Waals surface area contributed by atoms with Gasteiger partial charge in [-0.1, -0.05) is 15.9 Å². The SMILES string of the molecule is O=C(Nc1cc(Br)c(F)cc1F)c1ccc(Br)cc1F. The molecule has 0 aliphatic heterocycles. The molecular weight excluding hydrogens is 403 g/mol. The van der Waals surface area contributed by atoms with Crippen LogP contribution in [-0.4, -0.2) is 5.91 Å². The number of anilines is 1. The summed E-state index contributed by atoms with van der Waals surface area (Å²) in [5, 5.41) is 2.19. The van der Waals surface area contributed by atoms with Gasteiger partial charge in [0.25, 0.3) is 5.91 Å². The summed E-state index contributed by atoms with van der Waals surface area (Å²) >= 11 is 5.94. The summed E-state index contributed by atoms with van der Waals surface area (Å²) in [5.74, 6) is -3.32. The number of benzene rings is 2. The van der Waals surface area contributed by atoms with E-state index in [4.69, 9.17) is 0 Å². The first-order valence-electron chi connectivity index (χ1n) is 5.29. The van der Waals surface area contributed by atoms with Crippen LogP contribution in [0.15, 0.2) is 39.3 Å². The first-order chi connectivity index (χ1) is 9.38. The minimum absolute atomic E-state index is 0.00882. The smallest absolute Gasteiger partial charge is 0.258 e. The number of carbonyl (C=O) groups excluding carboxylic acids is 1. The molecule has 2 aromatic carbocycles. The second kappa shape index (κ2) is 5.97. The highest BCUT2D eigenvalue weighted by atomic mass is 79.9. The predicted octanol–water partition coefficient (Wildman–Crippen LogP) is 4.88. The van der Waals surface area contributed by atoms with Crippen LogP contribution >= 0.6 is 31.9 Å². The van der Waals surface area contributed by atoms with Crippen LogP contribution in [0, 0.1) is 17.5 Å². The third-order valence-corrected chi connectivity index (χ3v) is 3.53. The van der Waals surface area contributed by atoms with Crippen molar-refractivity contribution in [2.75, 3.05) is 5.32 Å². The van der Waals surface area contributed by atoms with E-state index in [1.54, 1.807) is 0 Å². The van der Waals surface area contributed by atoms with Crippen LogP contribution in [0.2, 0.25) is 0 Å².